The van der Waals surface area contributed by atoms with Crippen LogP contribution in [0.3, 0.4) is 0 Å². The Morgan fingerprint density at radius 1 is 1.00 bits per heavy atom. The van der Waals surface area contributed by atoms with Crippen molar-refractivity contribution in [3.8, 4) is 28.7 Å². The maximum absolute atomic E-state index is 12.8. The fourth-order valence-electron chi connectivity index (χ4n) is 3.59. The summed E-state index contributed by atoms with van der Waals surface area (Å²) in [6, 6.07) is 15.3. The smallest absolute Gasteiger partial charge is 0.343 e. The van der Waals surface area contributed by atoms with Crippen molar-refractivity contribution in [2.75, 3.05) is 13.9 Å². The molecule has 32 heavy (non-hydrogen) atoms. The summed E-state index contributed by atoms with van der Waals surface area (Å²) in [6.07, 6.45) is 1.64. The third-order valence-electron chi connectivity index (χ3n) is 5.27. The summed E-state index contributed by atoms with van der Waals surface area (Å²) in [6.45, 7) is 1.86. The Morgan fingerprint density at radius 2 is 1.81 bits per heavy atom. The third kappa shape index (κ3) is 3.33. The molecule has 2 aliphatic rings. The van der Waals surface area contributed by atoms with Gasteiger partial charge in [-0.2, -0.15) is 0 Å². The summed E-state index contributed by atoms with van der Waals surface area (Å²) in [4.78, 5) is 25.5. The molecule has 2 aliphatic heterocycles. The largest absolute Gasteiger partial charge is 0.496 e. The number of para-hydroxylation sites is 1. The number of allylic oxidation sites excluding steroid dienone is 1. The van der Waals surface area contributed by atoms with Crippen molar-refractivity contribution in [2.24, 2.45) is 0 Å². The summed E-state index contributed by atoms with van der Waals surface area (Å²) < 4.78 is 27.4. The van der Waals surface area contributed by atoms with E-state index in [4.69, 9.17) is 23.7 Å². The lowest BCUT2D eigenvalue weighted by Crippen LogP contribution is -2.09. The van der Waals surface area contributed by atoms with Crippen molar-refractivity contribution in [2.45, 2.75) is 6.92 Å². The van der Waals surface area contributed by atoms with Crippen molar-refractivity contribution in [3.05, 3.63) is 82.6 Å². The van der Waals surface area contributed by atoms with Crippen LogP contribution in [0.5, 0.6) is 28.7 Å². The Labute approximate surface area is 183 Å². The minimum atomic E-state index is -0.555. The molecule has 0 spiro atoms. The first-order valence-corrected chi connectivity index (χ1v) is 9.88. The molecule has 7 nitrogen and oxygen atoms in total. The van der Waals surface area contributed by atoms with E-state index in [1.54, 1.807) is 56.5 Å². The molecular weight excluding hydrogens is 412 g/mol. The summed E-state index contributed by atoms with van der Waals surface area (Å²) in [7, 11) is 1.56. The molecule has 5 rings (SSSR count). The molecule has 3 aromatic rings. The van der Waals surface area contributed by atoms with Gasteiger partial charge in [-0.3, -0.25) is 4.79 Å². The lowest BCUT2D eigenvalue weighted by Gasteiger charge is -2.10. The van der Waals surface area contributed by atoms with Crippen LogP contribution in [-0.2, 0) is 0 Å². The van der Waals surface area contributed by atoms with E-state index in [0.29, 0.717) is 45.4 Å². The number of carbonyl (C=O) groups is 2. The molecule has 3 aromatic carbocycles. The Balaban J connectivity index is 1.41. The quantitative estimate of drug-likeness (QED) is 0.341. The molecule has 2 heterocycles. The van der Waals surface area contributed by atoms with Gasteiger partial charge in [0.15, 0.2) is 17.3 Å². The average Bonchev–Trinajstić information content (AvgIpc) is 3.40. The molecule has 0 aliphatic carbocycles. The number of ether oxygens (including phenoxy) is 5. The first-order chi connectivity index (χ1) is 15.5. The van der Waals surface area contributed by atoms with Gasteiger partial charge in [0.1, 0.15) is 17.2 Å². The van der Waals surface area contributed by atoms with Crippen molar-refractivity contribution in [3.63, 3.8) is 0 Å². The molecule has 7 heteroatoms. The molecule has 0 unspecified atom stereocenters. The van der Waals surface area contributed by atoms with Crippen LogP contribution < -0.4 is 23.7 Å². The van der Waals surface area contributed by atoms with Crippen LogP contribution in [0.2, 0.25) is 0 Å². The van der Waals surface area contributed by atoms with E-state index >= 15 is 0 Å². The lowest BCUT2D eigenvalue weighted by molar-refractivity contribution is 0.0732. The van der Waals surface area contributed by atoms with Gasteiger partial charge in [-0.05, 0) is 49.4 Å². The molecule has 160 valence electrons. The highest BCUT2D eigenvalue weighted by Gasteiger charge is 2.31. The average molecular weight is 430 g/mol. The van der Waals surface area contributed by atoms with Gasteiger partial charge in [-0.15, -0.1) is 0 Å². The number of esters is 1. The van der Waals surface area contributed by atoms with Crippen LogP contribution in [0.25, 0.3) is 6.08 Å². The van der Waals surface area contributed by atoms with Crippen LogP contribution in [0.4, 0.5) is 0 Å². The molecule has 0 fully saturated rings. The molecular formula is C25H18O7. The normalized spacial score (nSPS) is 14.8. The highest BCUT2D eigenvalue weighted by molar-refractivity contribution is 6.15. The van der Waals surface area contributed by atoms with E-state index in [1.807, 2.05) is 18.2 Å². The zero-order valence-corrected chi connectivity index (χ0v) is 17.3. The van der Waals surface area contributed by atoms with E-state index in [-0.39, 0.29) is 18.3 Å². The van der Waals surface area contributed by atoms with Crippen molar-refractivity contribution >= 4 is 17.8 Å². The first kappa shape index (κ1) is 19.7. The third-order valence-corrected chi connectivity index (χ3v) is 5.27. The minimum Gasteiger partial charge on any atom is -0.496 e. The number of methoxy groups -OCH3 is 1. The second-order valence-electron chi connectivity index (χ2n) is 7.20. The predicted octanol–water partition coefficient (Wildman–Crippen LogP) is 4.57. The number of hydrogen-bond donors (Lipinski definition) is 0. The predicted molar refractivity (Wildman–Crippen MR) is 115 cm³/mol. The molecule has 0 saturated carbocycles. The zero-order valence-electron chi connectivity index (χ0n) is 17.3. The Bertz CT molecular complexity index is 1290. The van der Waals surface area contributed by atoms with Gasteiger partial charge < -0.3 is 23.7 Å². The van der Waals surface area contributed by atoms with Crippen molar-refractivity contribution in [1.82, 2.24) is 0 Å². The maximum Gasteiger partial charge on any atom is 0.343 e. The highest BCUT2D eigenvalue weighted by atomic mass is 16.7. The highest BCUT2D eigenvalue weighted by Crippen LogP contribution is 2.40. The minimum absolute atomic E-state index is 0.119. The van der Waals surface area contributed by atoms with Crippen molar-refractivity contribution < 1.29 is 33.3 Å². The van der Waals surface area contributed by atoms with Crippen LogP contribution in [0, 0.1) is 6.92 Å². The van der Waals surface area contributed by atoms with Gasteiger partial charge in [0.05, 0.1) is 18.2 Å². The fourth-order valence-corrected chi connectivity index (χ4v) is 3.59. The molecule has 0 atom stereocenters. The van der Waals surface area contributed by atoms with E-state index < -0.39 is 5.97 Å². The standard InChI is InChI=1S/C25H18O7/c1-14-18(32-25(27)16-7-9-20-21(12-16)30-13-29-20)10-8-17-23(26)22(31-24(14)17)11-15-5-3-4-6-19(15)28-2/h3-12H,13H2,1-2H3/b22-11-. The van der Waals surface area contributed by atoms with Gasteiger partial charge in [-0.25, -0.2) is 4.79 Å². The summed E-state index contributed by atoms with van der Waals surface area (Å²) in [5.41, 5.74) is 2.00. The Hall–Kier alpha value is -4.26. The Morgan fingerprint density at radius 3 is 2.66 bits per heavy atom. The maximum atomic E-state index is 12.8. The second-order valence-corrected chi connectivity index (χ2v) is 7.20. The van der Waals surface area contributed by atoms with Crippen LogP contribution >= 0.6 is 0 Å². The monoisotopic (exact) mass is 430 g/mol. The summed E-state index contributed by atoms with van der Waals surface area (Å²) >= 11 is 0. The Kier molecular flexibility index (Phi) is 4.78. The molecule has 0 N–H and O–H groups in total. The van der Waals surface area contributed by atoms with Gasteiger partial charge >= 0.3 is 5.97 Å². The second kappa shape index (κ2) is 7.77. The molecule has 0 amide bonds. The number of ketones is 1. The van der Waals surface area contributed by atoms with Crippen LogP contribution in [0.1, 0.15) is 31.8 Å². The van der Waals surface area contributed by atoms with Gasteiger partial charge in [0, 0.05) is 11.1 Å². The van der Waals surface area contributed by atoms with Gasteiger partial charge in [0.25, 0.3) is 0 Å². The number of fused-ring (bicyclic) bond motifs is 2. The molecule has 0 radical (unpaired) electrons. The summed E-state index contributed by atoms with van der Waals surface area (Å²) in [5.74, 6) is 1.74. The molecule has 0 saturated heterocycles. The lowest BCUT2D eigenvalue weighted by atomic mass is 10.1. The van der Waals surface area contributed by atoms with Crippen LogP contribution in [-0.4, -0.2) is 25.7 Å². The fraction of sp³-hybridized carbons (Fsp3) is 0.120. The summed E-state index contributed by atoms with van der Waals surface area (Å²) in [5, 5.41) is 0. The van der Waals surface area contributed by atoms with Gasteiger partial charge in [-0.1, -0.05) is 18.2 Å². The number of carbonyl (C=O) groups excluding carboxylic acids is 2. The molecule has 0 aromatic heterocycles. The topological polar surface area (TPSA) is 80.3 Å². The van der Waals surface area contributed by atoms with Crippen LogP contribution in [0.15, 0.2) is 60.4 Å². The van der Waals surface area contributed by atoms with Gasteiger partial charge in [0.2, 0.25) is 12.6 Å². The molecule has 0 bridgehead atoms. The van der Waals surface area contributed by atoms with E-state index in [2.05, 4.69) is 0 Å². The number of benzene rings is 3. The van der Waals surface area contributed by atoms with E-state index in [1.165, 1.54) is 0 Å². The number of rotatable bonds is 4. The first-order valence-electron chi connectivity index (χ1n) is 9.88. The number of hydrogen-bond acceptors (Lipinski definition) is 7. The van der Waals surface area contributed by atoms with E-state index in [9.17, 15) is 9.59 Å². The van der Waals surface area contributed by atoms with E-state index in [0.717, 1.165) is 5.56 Å². The number of Topliss-reactive ketones (excluding diaryl/α,β-unsaturated/α-hetero) is 1. The zero-order chi connectivity index (χ0) is 22.2. The SMILES string of the molecule is COc1ccccc1/C=C1\Oc2c(ccc(OC(=O)c3ccc4c(c3)OCO4)c2C)C1=O. The van der Waals surface area contributed by atoms with Crippen molar-refractivity contribution in [1.29, 1.82) is 0 Å².